The molecule has 2 aromatic carbocycles. The van der Waals surface area contributed by atoms with Crippen LogP contribution in [0.4, 0.5) is 13.2 Å². The topological polar surface area (TPSA) is 122 Å². The number of hydrogen-bond acceptors (Lipinski definition) is 6. The van der Waals surface area contributed by atoms with E-state index >= 15 is 0 Å². The fourth-order valence-electron chi connectivity index (χ4n) is 2.24. The van der Waals surface area contributed by atoms with E-state index in [0.29, 0.717) is 11.4 Å². The smallest absolute Gasteiger partial charge is 0.871 e. The molecule has 0 saturated heterocycles. The third-order valence-electron chi connectivity index (χ3n) is 4.03. The van der Waals surface area contributed by atoms with Crippen LogP contribution in [-0.4, -0.2) is 33.4 Å². The number of nitrogens with one attached hydrogen (secondary N) is 1. The van der Waals surface area contributed by atoms with Crippen molar-refractivity contribution in [3.05, 3.63) is 90.6 Å². The predicted molar refractivity (Wildman–Crippen MR) is 121 cm³/mol. The Hall–Kier alpha value is -2.80. The molecule has 0 fully saturated rings. The van der Waals surface area contributed by atoms with E-state index in [0.717, 1.165) is 5.39 Å². The molecule has 0 aliphatic carbocycles. The van der Waals surface area contributed by atoms with Crippen LogP contribution in [0.3, 0.4) is 0 Å². The van der Waals surface area contributed by atoms with E-state index in [2.05, 4.69) is 60.0 Å². The van der Waals surface area contributed by atoms with Crippen molar-refractivity contribution in [1.29, 1.82) is 0 Å². The van der Waals surface area contributed by atoms with Crippen molar-refractivity contribution in [3.63, 3.8) is 0 Å². The van der Waals surface area contributed by atoms with Crippen LogP contribution >= 0.6 is 0 Å². The minimum atomic E-state index is -6.09. The molecule has 35 heavy (non-hydrogen) atoms. The van der Waals surface area contributed by atoms with Gasteiger partial charge in [0.2, 0.25) is 0 Å². The normalized spacial score (nSPS) is 10.5. The fraction of sp³-hybridized carbons (Fsp3) is 0.217. The number of imidazole rings is 1. The summed E-state index contributed by atoms with van der Waals surface area (Å²) in [7, 11) is -6.09. The summed E-state index contributed by atoms with van der Waals surface area (Å²) in [6.07, 6.45) is 6.71. The Balaban J connectivity index is 0.000000451. The van der Waals surface area contributed by atoms with E-state index in [1.165, 1.54) is 17.2 Å². The zero-order valence-electron chi connectivity index (χ0n) is 19.0. The predicted octanol–water partition coefficient (Wildman–Crippen LogP) is 4.89. The second-order valence-corrected chi connectivity index (χ2v) is 8.43. The number of rotatable bonds is 1. The van der Waals surface area contributed by atoms with Gasteiger partial charge < -0.3 is 14.6 Å². The van der Waals surface area contributed by atoms with Crippen molar-refractivity contribution in [2.45, 2.75) is 32.2 Å². The Kier molecular flexibility index (Phi) is 14.0. The van der Waals surface area contributed by atoms with E-state index < -0.39 is 15.6 Å². The maximum Gasteiger partial charge on any atom is 2.00 e. The van der Waals surface area contributed by atoms with Gasteiger partial charge in [0.1, 0.15) is 0 Å². The molecular formula is C23H24F3N3O4OsS. The number of halogens is 3. The Morgan fingerprint density at radius 3 is 1.94 bits per heavy atom. The zero-order valence-corrected chi connectivity index (χ0v) is 22.4. The van der Waals surface area contributed by atoms with Crippen LogP contribution in [0.15, 0.2) is 79.5 Å². The molecule has 7 nitrogen and oxygen atoms in total. The molecule has 0 unspecified atom stereocenters. The SMILES string of the molecule is Cc1ccc(C(C)C)cc1.O=S(=O)([O-])C(F)(F)F.[O-]c1cccc2cccnc12.[Os+2].c1c[nH]cn1. The molecule has 0 radical (unpaired) electrons. The molecule has 0 saturated carbocycles. The van der Waals surface area contributed by atoms with Gasteiger partial charge in [-0.05, 0) is 29.9 Å². The fourth-order valence-corrected chi connectivity index (χ4v) is 2.24. The summed E-state index contributed by atoms with van der Waals surface area (Å²) >= 11 is 0. The summed E-state index contributed by atoms with van der Waals surface area (Å²) in [4.78, 5) is 10.4. The van der Waals surface area contributed by atoms with Crippen molar-refractivity contribution in [3.8, 4) is 5.75 Å². The number of fused-ring (bicyclic) bond motifs is 1. The first kappa shape index (κ1) is 32.2. The number of aromatic nitrogens is 3. The molecular weight excluding hydrogens is 662 g/mol. The van der Waals surface area contributed by atoms with E-state index in [9.17, 15) is 18.3 Å². The van der Waals surface area contributed by atoms with Gasteiger partial charge in [-0.1, -0.05) is 73.7 Å². The largest absolute Gasteiger partial charge is 2.00 e. The van der Waals surface area contributed by atoms with Crippen LogP contribution in [-0.2, 0) is 29.9 Å². The molecule has 12 heteroatoms. The van der Waals surface area contributed by atoms with Crippen molar-refractivity contribution in [1.82, 2.24) is 15.0 Å². The van der Waals surface area contributed by atoms with E-state index in [1.54, 1.807) is 31.0 Å². The molecule has 0 atom stereocenters. The minimum absolute atomic E-state index is 0. The molecule has 2 aromatic heterocycles. The molecule has 4 aromatic rings. The maximum atomic E-state index is 11.1. The second-order valence-electron chi connectivity index (χ2n) is 7.06. The van der Waals surface area contributed by atoms with E-state index in [1.807, 2.05) is 18.2 Å². The number of aryl methyl sites for hydroxylation is 1. The third kappa shape index (κ3) is 12.5. The number of aromatic amines is 1. The molecule has 190 valence electrons. The van der Waals surface area contributed by atoms with E-state index in [4.69, 9.17) is 13.0 Å². The van der Waals surface area contributed by atoms with Gasteiger partial charge >= 0.3 is 25.3 Å². The first-order valence-corrected chi connectivity index (χ1v) is 11.3. The summed E-state index contributed by atoms with van der Waals surface area (Å²) < 4.78 is 58.9. The third-order valence-corrected chi connectivity index (χ3v) is 4.60. The number of pyridine rings is 1. The monoisotopic (exact) mass is 687 g/mol. The number of para-hydroxylation sites is 1. The Labute approximate surface area is 215 Å². The van der Waals surface area contributed by atoms with E-state index in [-0.39, 0.29) is 25.5 Å². The van der Waals surface area contributed by atoms with Gasteiger partial charge in [-0.15, -0.1) is 0 Å². The van der Waals surface area contributed by atoms with Gasteiger partial charge in [0.15, 0.2) is 10.1 Å². The first-order chi connectivity index (χ1) is 15.8. The molecule has 1 N–H and O–H groups in total. The zero-order chi connectivity index (χ0) is 25.8. The Morgan fingerprint density at radius 2 is 1.54 bits per heavy atom. The number of alkyl halides is 3. The molecule has 0 bridgehead atoms. The van der Waals surface area contributed by atoms with Gasteiger partial charge in [-0.2, -0.15) is 13.2 Å². The van der Waals surface area contributed by atoms with Gasteiger partial charge in [0.25, 0.3) is 0 Å². The first-order valence-electron chi connectivity index (χ1n) is 9.85. The average Bonchev–Trinajstić information content (AvgIpc) is 3.34. The molecule has 0 aliphatic rings. The van der Waals surface area contributed by atoms with Crippen molar-refractivity contribution in [2.75, 3.05) is 0 Å². The molecule has 4 rings (SSSR count). The summed E-state index contributed by atoms with van der Waals surface area (Å²) in [6, 6.07) is 17.6. The number of hydrogen-bond donors (Lipinski definition) is 1. The average molecular weight is 686 g/mol. The number of nitrogens with zero attached hydrogens (tertiary/aromatic N) is 2. The van der Waals surface area contributed by atoms with Crippen LogP contribution in [0.1, 0.15) is 30.9 Å². The van der Waals surface area contributed by atoms with Crippen molar-refractivity contribution >= 4 is 21.0 Å². The van der Waals surface area contributed by atoms with Crippen LogP contribution in [0.5, 0.6) is 5.75 Å². The molecule has 0 aliphatic heterocycles. The standard InChI is InChI=1S/C10H14.C9H7NO.C3H4N2.CHF3O3S.Os/c1-8(2)10-6-4-9(3)5-7-10;11-8-5-1-3-7-4-2-6-10-9(7)8;1-2-5-3-4-1;2-1(3,4)8(5,6)7;/h4-8H,1-3H3;1-6,11H;1-3H,(H,4,5);(H,5,6,7);/q;;;;+2/p-2. The number of H-pyrrole nitrogens is 1. The molecule has 0 spiro atoms. The van der Waals surface area contributed by atoms with Gasteiger partial charge in [0.05, 0.1) is 11.8 Å². The maximum absolute atomic E-state index is 11.1. The van der Waals surface area contributed by atoms with Crippen LogP contribution in [0.2, 0.25) is 0 Å². The Bertz CT molecular complexity index is 1200. The second kappa shape index (κ2) is 15.2. The van der Waals surface area contributed by atoms with Crippen molar-refractivity contribution < 1.29 is 51.0 Å². The van der Waals surface area contributed by atoms with Gasteiger partial charge in [-0.3, -0.25) is 4.98 Å². The Morgan fingerprint density at radius 1 is 0.971 bits per heavy atom. The number of benzene rings is 2. The summed E-state index contributed by atoms with van der Waals surface area (Å²) in [5.74, 6) is 0.642. The van der Waals surface area contributed by atoms with Gasteiger partial charge in [0, 0.05) is 18.6 Å². The van der Waals surface area contributed by atoms with Crippen molar-refractivity contribution in [2.24, 2.45) is 0 Å². The van der Waals surface area contributed by atoms with Crippen LogP contribution in [0.25, 0.3) is 10.9 Å². The quantitative estimate of drug-likeness (QED) is 0.225. The molecule has 0 amide bonds. The van der Waals surface area contributed by atoms with Gasteiger partial charge in [-0.25, -0.2) is 13.4 Å². The van der Waals surface area contributed by atoms with Crippen LogP contribution < -0.4 is 5.11 Å². The van der Waals surface area contributed by atoms with Crippen LogP contribution in [0, 0.1) is 6.92 Å². The summed E-state index contributed by atoms with van der Waals surface area (Å²) in [5, 5.41) is 12.0. The molecule has 2 heterocycles. The summed E-state index contributed by atoms with van der Waals surface area (Å²) in [5.41, 5.74) is -2.34. The minimum Gasteiger partial charge on any atom is -0.871 e. The summed E-state index contributed by atoms with van der Waals surface area (Å²) in [6.45, 7) is 6.54.